The fourth-order valence-electron chi connectivity index (χ4n) is 3.01. The Hall–Kier alpha value is -1.40. The predicted octanol–water partition coefficient (Wildman–Crippen LogP) is 1.72. The van der Waals surface area contributed by atoms with E-state index in [1.54, 1.807) is 0 Å². The number of benzene rings is 1. The van der Waals surface area contributed by atoms with Crippen molar-refractivity contribution in [2.24, 2.45) is 0 Å². The van der Waals surface area contributed by atoms with Gasteiger partial charge in [0.2, 0.25) is 15.9 Å². The van der Waals surface area contributed by atoms with Gasteiger partial charge in [-0.2, -0.15) is 0 Å². The Morgan fingerprint density at radius 3 is 2.36 bits per heavy atom. The summed E-state index contributed by atoms with van der Waals surface area (Å²) in [6, 6.07) is 9.78. The highest BCUT2D eigenvalue weighted by molar-refractivity contribution is 7.90. The predicted molar refractivity (Wildman–Crippen MR) is 87.1 cm³/mol. The minimum atomic E-state index is -3.24. The summed E-state index contributed by atoms with van der Waals surface area (Å²) in [5.41, 5.74) is 1.03. The van der Waals surface area contributed by atoms with Crippen LogP contribution < -0.4 is 4.72 Å². The smallest absolute Gasteiger partial charge is 0.230 e. The molecule has 0 aromatic heterocycles. The molecule has 0 spiro atoms. The number of rotatable bonds is 5. The molecule has 5 nitrogen and oxygen atoms in total. The standard InChI is InChI=1S/C16H24N2O3S/c1-3-15(13-7-5-4-6-8-13)16(19)18-11-9-14(10-12-18)22(20,21)17-2/h4-8,14-15,17H,3,9-12H2,1-2H3/t15-/m0/s1. The van der Waals surface area contributed by atoms with E-state index < -0.39 is 15.3 Å². The lowest BCUT2D eigenvalue weighted by molar-refractivity contribution is -0.133. The summed E-state index contributed by atoms with van der Waals surface area (Å²) in [7, 11) is -1.80. The Morgan fingerprint density at radius 1 is 1.27 bits per heavy atom. The second kappa shape index (κ2) is 7.24. The average Bonchev–Trinajstić information content (AvgIpc) is 2.56. The van der Waals surface area contributed by atoms with E-state index in [-0.39, 0.29) is 11.8 Å². The number of carbonyl (C=O) groups is 1. The van der Waals surface area contributed by atoms with Crippen LogP contribution in [-0.4, -0.2) is 44.6 Å². The zero-order valence-corrected chi connectivity index (χ0v) is 14.0. The molecule has 0 bridgehead atoms. The van der Waals surface area contributed by atoms with E-state index in [2.05, 4.69) is 4.72 Å². The van der Waals surface area contributed by atoms with Crippen molar-refractivity contribution in [3.8, 4) is 0 Å². The van der Waals surface area contributed by atoms with Crippen LogP contribution in [0.2, 0.25) is 0 Å². The number of hydrogen-bond donors (Lipinski definition) is 1. The second-order valence-corrected chi connectivity index (χ2v) is 7.81. The first kappa shape index (κ1) is 17.0. The maximum atomic E-state index is 12.7. The maximum absolute atomic E-state index is 12.7. The van der Waals surface area contributed by atoms with Gasteiger partial charge in [-0.25, -0.2) is 13.1 Å². The summed E-state index contributed by atoms with van der Waals surface area (Å²) in [4.78, 5) is 14.5. The molecule has 1 N–H and O–H groups in total. The summed E-state index contributed by atoms with van der Waals surface area (Å²) in [5, 5.41) is -0.390. The lowest BCUT2D eigenvalue weighted by atomic mass is 9.94. The van der Waals surface area contributed by atoms with Crippen LogP contribution in [0.4, 0.5) is 0 Å². The second-order valence-electron chi connectivity index (χ2n) is 5.65. The van der Waals surface area contributed by atoms with Gasteiger partial charge < -0.3 is 4.90 Å². The summed E-state index contributed by atoms with van der Waals surface area (Å²) in [6.45, 7) is 3.02. The first-order chi connectivity index (χ1) is 10.5. The molecular weight excluding hydrogens is 300 g/mol. The van der Waals surface area contributed by atoms with E-state index in [1.165, 1.54) is 7.05 Å². The van der Waals surface area contributed by atoms with Gasteiger partial charge in [0.15, 0.2) is 0 Å². The lowest BCUT2D eigenvalue weighted by Gasteiger charge is -2.33. The monoisotopic (exact) mass is 324 g/mol. The van der Waals surface area contributed by atoms with Crippen LogP contribution >= 0.6 is 0 Å². The van der Waals surface area contributed by atoms with Gasteiger partial charge in [-0.1, -0.05) is 37.3 Å². The molecule has 1 amide bonds. The Labute approximate surface area is 132 Å². The van der Waals surface area contributed by atoms with Crippen molar-refractivity contribution in [3.05, 3.63) is 35.9 Å². The molecule has 0 aliphatic carbocycles. The number of carbonyl (C=O) groups excluding carboxylic acids is 1. The van der Waals surface area contributed by atoms with E-state index in [1.807, 2.05) is 42.2 Å². The van der Waals surface area contributed by atoms with Crippen molar-refractivity contribution in [3.63, 3.8) is 0 Å². The van der Waals surface area contributed by atoms with Gasteiger partial charge in [-0.15, -0.1) is 0 Å². The molecular formula is C16H24N2O3S. The number of likely N-dealkylation sites (tertiary alicyclic amines) is 1. The number of sulfonamides is 1. The van der Waals surface area contributed by atoms with Gasteiger partial charge in [0.05, 0.1) is 11.2 Å². The van der Waals surface area contributed by atoms with Crippen molar-refractivity contribution in [1.29, 1.82) is 0 Å². The van der Waals surface area contributed by atoms with E-state index in [9.17, 15) is 13.2 Å². The van der Waals surface area contributed by atoms with Gasteiger partial charge in [0, 0.05) is 13.1 Å². The lowest BCUT2D eigenvalue weighted by Crippen LogP contribution is -2.46. The van der Waals surface area contributed by atoms with Crippen molar-refractivity contribution < 1.29 is 13.2 Å². The van der Waals surface area contributed by atoms with Crippen molar-refractivity contribution in [2.45, 2.75) is 37.4 Å². The highest BCUT2D eigenvalue weighted by Gasteiger charge is 2.32. The Morgan fingerprint density at radius 2 is 1.86 bits per heavy atom. The molecule has 122 valence electrons. The molecule has 1 fully saturated rings. The molecule has 1 aliphatic heterocycles. The van der Waals surface area contributed by atoms with Crippen LogP contribution in [0, 0.1) is 0 Å². The van der Waals surface area contributed by atoms with Crippen LogP contribution in [-0.2, 0) is 14.8 Å². The van der Waals surface area contributed by atoms with Crippen LogP contribution in [0.1, 0.15) is 37.7 Å². The quantitative estimate of drug-likeness (QED) is 0.897. The summed E-state index contributed by atoms with van der Waals surface area (Å²) < 4.78 is 26.0. The van der Waals surface area contributed by atoms with Crippen LogP contribution in [0.25, 0.3) is 0 Å². The molecule has 1 aliphatic rings. The minimum absolute atomic E-state index is 0.106. The molecule has 1 aromatic carbocycles. The number of piperidine rings is 1. The largest absolute Gasteiger partial charge is 0.342 e. The maximum Gasteiger partial charge on any atom is 0.230 e. The fraction of sp³-hybridized carbons (Fsp3) is 0.562. The summed E-state index contributed by atoms with van der Waals surface area (Å²) >= 11 is 0. The first-order valence-corrected chi connectivity index (χ1v) is 9.30. The molecule has 1 heterocycles. The fourth-order valence-corrected chi connectivity index (χ4v) is 4.18. The third kappa shape index (κ3) is 3.67. The van der Waals surface area contributed by atoms with E-state index in [4.69, 9.17) is 0 Å². The average molecular weight is 324 g/mol. The van der Waals surface area contributed by atoms with Crippen molar-refractivity contribution in [1.82, 2.24) is 9.62 Å². The zero-order valence-electron chi connectivity index (χ0n) is 13.2. The number of amides is 1. The van der Waals surface area contributed by atoms with Gasteiger partial charge >= 0.3 is 0 Å². The molecule has 22 heavy (non-hydrogen) atoms. The van der Waals surface area contributed by atoms with Gasteiger partial charge in [-0.3, -0.25) is 4.79 Å². The Kier molecular flexibility index (Phi) is 5.58. The molecule has 1 saturated heterocycles. The van der Waals surface area contributed by atoms with Gasteiger partial charge in [0.1, 0.15) is 0 Å². The van der Waals surface area contributed by atoms with Crippen molar-refractivity contribution in [2.75, 3.05) is 20.1 Å². The molecule has 2 rings (SSSR count). The highest BCUT2D eigenvalue weighted by atomic mass is 32.2. The molecule has 1 aromatic rings. The number of hydrogen-bond acceptors (Lipinski definition) is 3. The minimum Gasteiger partial charge on any atom is -0.342 e. The van der Waals surface area contributed by atoms with Crippen LogP contribution in [0.15, 0.2) is 30.3 Å². The highest BCUT2D eigenvalue weighted by Crippen LogP contribution is 2.25. The van der Waals surface area contributed by atoms with E-state index in [0.29, 0.717) is 25.9 Å². The topological polar surface area (TPSA) is 66.5 Å². The van der Waals surface area contributed by atoms with Crippen LogP contribution in [0.5, 0.6) is 0 Å². The van der Waals surface area contributed by atoms with Crippen LogP contribution in [0.3, 0.4) is 0 Å². The number of nitrogens with one attached hydrogen (secondary N) is 1. The third-order valence-corrected chi connectivity index (χ3v) is 6.30. The van der Waals surface area contributed by atoms with Crippen molar-refractivity contribution >= 4 is 15.9 Å². The number of nitrogens with zero attached hydrogens (tertiary/aromatic N) is 1. The normalized spacial score (nSPS) is 18.2. The molecule has 6 heteroatoms. The Balaban J connectivity index is 2.03. The molecule has 0 radical (unpaired) electrons. The van der Waals surface area contributed by atoms with E-state index in [0.717, 1.165) is 12.0 Å². The van der Waals surface area contributed by atoms with Gasteiger partial charge in [0.25, 0.3) is 0 Å². The summed E-state index contributed by atoms with van der Waals surface area (Å²) in [5.74, 6) is -0.0346. The molecule has 0 saturated carbocycles. The Bertz CT molecular complexity index is 593. The molecule has 0 unspecified atom stereocenters. The third-order valence-electron chi connectivity index (χ3n) is 4.39. The zero-order chi connectivity index (χ0) is 16.2. The van der Waals surface area contributed by atoms with Gasteiger partial charge in [-0.05, 0) is 31.9 Å². The SMILES string of the molecule is CC[C@H](C(=O)N1CCC(S(=O)(=O)NC)CC1)c1ccccc1. The van der Waals surface area contributed by atoms with E-state index >= 15 is 0 Å². The molecule has 1 atom stereocenters. The summed E-state index contributed by atoms with van der Waals surface area (Å²) in [6.07, 6.45) is 1.75. The first-order valence-electron chi connectivity index (χ1n) is 7.75.